The molecule has 0 saturated heterocycles. The van der Waals surface area contributed by atoms with Gasteiger partial charge in [0, 0.05) is 11.0 Å². The number of halogens is 1. The summed E-state index contributed by atoms with van der Waals surface area (Å²) in [5, 5.41) is 3.29. The zero-order valence-corrected chi connectivity index (χ0v) is 12.5. The summed E-state index contributed by atoms with van der Waals surface area (Å²) in [7, 11) is 0. The smallest absolute Gasteiger partial charge is 0.299 e. The third-order valence-corrected chi connectivity index (χ3v) is 3.77. The first-order valence-electron chi connectivity index (χ1n) is 6.52. The van der Waals surface area contributed by atoms with E-state index in [-0.39, 0.29) is 0 Å². The van der Waals surface area contributed by atoms with Crippen molar-refractivity contribution in [2.75, 3.05) is 24.5 Å². The lowest BCUT2D eigenvalue weighted by Crippen LogP contribution is -2.32. The molecular formula is C14H17BrN2O2. The molecule has 1 aromatic carbocycles. The highest BCUT2D eigenvalue weighted by molar-refractivity contribution is 9.10. The van der Waals surface area contributed by atoms with Crippen LogP contribution in [0.1, 0.15) is 30.1 Å². The SMILES string of the molecule is CCCNCCCN1C(=O)C(=O)c2c(Br)cccc21. The molecule has 0 radical (unpaired) electrons. The van der Waals surface area contributed by atoms with Gasteiger partial charge in [-0.25, -0.2) is 0 Å². The number of hydrogen-bond donors (Lipinski definition) is 1. The molecule has 1 N–H and O–H groups in total. The monoisotopic (exact) mass is 324 g/mol. The first-order valence-corrected chi connectivity index (χ1v) is 7.31. The van der Waals surface area contributed by atoms with Crippen LogP contribution in [0.3, 0.4) is 0 Å². The van der Waals surface area contributed by atoms with Gasteiger partial charge in [0.2, 0.25) is 0 Å². The van der Waals surface area contributed by atoms with E-state index in [1.54, 1.807) is 11.0 Å². The lowest BCUT2D eigenvalue weighted by Gasteiger charge is -2.16. The average molecular weight is 325 g/mol. The van der Waals surface area contributed by atoms with E-state index in [4.69, 9.17) is 0 Å². The summed E-state index contributed by atoms with van der Waals surface area (Å²) < 4.78 is 0.690. The predicted octanol–water partition coefficient (Wildman–Crippen LogP) is 2.37. The number of Topliss-reactive ketones (excluding diaryl/α,β-unsaturated/α-hetero) is 1. The summed E-state index contributed by atoms with van der Waals surface area (Å²) in [4.78, 5) is 25.5. The molecule has 1 amide bonds. The van der Waals surface area contributed by atoms with Crippen molar-refractivity contribution in [3.8, 4) is 0 Å². The van der Waals surface area contributed by atoms with Crippen LogP contribution in [0.4, 0.5) is 5.69 Å². The van der Waals surface area contributed by atoms with Crippen LogP contribution in [0.5, 0.6) is 0 Å². The molecule has 0 spiro atoms. The van der Waals surface area contributed by atoms with Gasteiger partial charge in [-0.15, -0.1) is 0 Å². The van der Waals surface area contributed by atoms with Crippen LogP contribution in [0.25, 0.3) is 0 Å². The molecule has 1 aliphatic rings. The van der Waals surface area contributed by atoms with E-state index in [0.717, 1.165) is 31.6 Å². The summed E-state index contributed by atoms with van der Waals surface area (Å²) in [6, 6.07) is 5.45. The highest BCUT2D eigenvalue weighted by atomic mass is 79.9. The van der Waals surface area contributed by atoms with E-state index in [0.29, 0.717) is 16.6 Å². The molecule has 102 valence electrons. The van der Waals surface area contributed by atoms with Crippen LogP contribution in [0.15, 0.2) is 22.7 Å². The molecule has 0 aliphatic carbocycles. The van der Waals surface area contributed by atoms with Gasteiger partial charge >= 0.3 is 0 Å². The Labute approximate surface area is 121 Å². The van der Waals surface area contributed by atoms with Crippen molar-refractivity contribution in [2.24, 2.45) is 0 Å². The van der Waals surface area contributed by atoms with Gasteiger partial charge < -0.3 is 10.2 Å². The van der Waals surface area contributed by atoms with Gasteiger partial charge in [-0.3, -0.25) is 9.59 Å². The fourth-order valence-electron chi connectivity index (χ4n) is 2.19. The van der Waals surface area contributed by atoms with Gasteiger partial charge in [-0.05, 0) is 54.0 Å². The van der Waals surface area contributed by atoms with Gasteiger partial charge in [0.05, 0.1) is 11.3 Å². The van der Waals surface area contributed by atoms with Crippen molar-refractivity contribution < 1.29 is 9.59 Å². The molecule has 0 bridgehead atoms. The van der Waals surface area contributed by atoms with Crippen molar-refractivity contribution in [2.45, 2.75) is 19.8 Å². The van der Waals surface area contributed by atoms with Crippen molar-refractivity contribution in [3.05, 3.63) is 28.2 Å². The molecule has 4 nitrogen and oxygen atoms in total. The number of anilines is 1. The van der Waals surface area contributed by atoms with Gasteiger partial charge in [0.15, 0.2) is 0 Å². The number of ketones is 1. The summed E-state index contributed by atoms with van der Waals surface area (Å²) in [6.45, 7) is 4.53. The molecule has 1 heterocycles. The summed E-state index contributed by atoms with van der Waals surface area (Å²) in [6.07, 6.45) is 1.93. The molecule has 0 fully saturated rings. The number of carbonyl (C=O) groups excluding carboxylic acids is 2. The maximum absolute atomic E-state index is 12.0. The summed E-state index contributed by atoms with van der Waals surface area (Å²) in [5.41, 5.74) is 1.22. The molecule has 0 saturated carbocycles. The number of carbonyl (C=O) groups is 2. The molecule has 1 aromatic rings. The van der Waals surface area contributed by atoms with Crippen LogP contribution in [-0.4, -0.2) is 31.3 Å². The van der Waals surface area contributed by atoms with E-state index in [1.807, 2.05) is 12.1 Å². The number of fused-ring (bicyclic) bond motifs is 1. The largest absolute Gasteiger partial charge is 0.317 e. The molecule has 19 heavy (non-hydrogen) atoms. The first-order chi connectivity index (χ1) is 9.16. The fourth-order valence-corrected chi connectivity index (χ4v) is 2.72. The highest BCUT2D eigenvalue weighted by Gasteiger charge is 2.36. The van der Waals surface area contributed by atoms with E-state index < -0.39 is 11.7 Å². The number of benzene rings is 1. The van der Waals surface area contributed by atoms with E-state index >= 15 is 0 Å². The minimum Gasteiger partial charge on any atom is -0.317 e. The third kappa shape index (κ3) is 2.87. The number of nitrogens with zero attached hydrogens (tertiary/aromatic N) is 1. The van der Waals surface area contributed by atoms with E-state index in [9.17, 15) is 9.59 Å². The highest BCUT2D eigenvalue weighted by Crippen LogP contribution is 2.34. The van der Waals surface area contributed by atoms with Gasteiger partial charge in [-0.1, -0.05) is 13.0 Å². The maximum atomic E-state index is 12.0. The van der Waals surface area contributed by atoms with Crippen LogP contribution >= 0.6 is 15.9 Å². The molecule has 2 rings (SSSR count). The molecule has 0 atom stereocenters. The number of amides is 1. The minimum absolute atomic E-state index is 0.413. The summed E-state index contributed by atoms with van der Waals surface area (Å²) in [5.74, 6) is -0.832. The Morgan fingerprint density at radius 1 is 1.26 bits per heavy atom. The van der Waals surface area contributed by atoms with Gasteiger partial charge in [0.25, 0.3) is 11.7 Å². The van der Waals surface area contributed by atoms with Crippen LogP contribution < -0.4 is 10.2 Å². The normalized spacial score (nSPS) is 14.1. The maximum Gasteiger partial charge on any atom is 0.299 e. The van der Waals surface area contributed by atoms with Crippen molar-refractivity contribution in [1.82, 2.24) is 5.32 Å². The van der Waals surface area contributed by atoms with Gasteiger partial charge in [-0.2, -0.15) is 0 Å². The molecular weight excluding hydrogens is 308 g/mol. The Kier molecular flexibility index (Phi) is 4.71. The van der Waals surface area contributed by atoms with Crippen LogP contribution in [0.2, 0.25) is 0 Å². The second kappa shape index (κ2) is 6.30. The van der Waals surface area contributed by atoms with E-state index in [2.05, 4.69) is 28.2 Å². The third-order valence-electron chi connectivity index (χ3n) is 3.11. The Morgan fingerprint density at radius 3 is 2.79 bits per heavy atom. The number of nitrogens with one attached hydrogen (secondary N) is 1. The second-order valence-electron chi connectivity index (χ2n) is 4.52. The van der Waals surface area contributed by atoms with Crippen LogP contribution in [-0.2, 0) is 4.79 Å². The fraction of sp³-hybridized carbons (Fsp3) is 0.429. The summed E-state index contributed by atoms with van der Waals surface area (Å²) >= 11 is 3.33. The van der Waals surface area contributed by atoms with Gasteiger partial charge in [0.1, 0.15) is 0 Å². The second-order valence-corrected chi connectivity index (χ2v) is 5.38. The minimum atomic E-state index is -0.419. The molecule has 0 unspecified atom stereocenters. The lowest BCUT2D eigenvalue weighted by atomic mass is 10.1. The Bertz CT molecular complexity index is 502. The quantitative estimate of drug-likeness (QED) is 0.645. The Morgan fingerprint density at radius 2 is 2.05 bits per heavy atom. The van der Waals surface area contributed by atoms with Crippen LogP contribution in [0, 0.1) is 0 Å². The Hall–Kier alpha value is -1.20. The lowest BCUT2D eigenvalue weighted by molar-refractivity contribution is -0.114. The van der Waals surface area contributed by atoms with E-state index in [1.165, 1.54) is 0 Å². The molecule has 1 aliphatic heterocycles. The topological polar surface area (TPSA) is 49.4 Å². The molecule has 5 heteroatoms. The van der Waals surface area contributed by atoms with Crippen molar-refractivity contribution in [1.29, 1.82) is 0 Å². The van der Waals surface area contributed by atoms with Crippen molar-refractivity contribution >= 4 is 33.3 Å². The zero-order chi connectivity index (χ0) is 13.8. The first kappa shape index (κ1) is 14.2. The number of hydrogen-bond acceptors (Lipinski definition) is 3. The zero-order valence-electron chi connectivity index (χ0n) is 10.9. The molecule has 0 aromatic heterocycles. The predicted molar refractivity (Wildman–Crippen MR) is 78.6 cm³/mol. The average Bonchev–Trinajstić information content (AvgIpc) is 2.64. The standard InChI is InChI=1S/C14H17BrN2O2/c1-2-7-16-8-4-9-17-11-6-3-5-10(15)12(11)13(18)14(17)19/h3,5-6,16H,2,4,7-9H2,1H3. The number of rotatable bonds is 6. The van der Waals surface area contributed by atoms with Crippen molar-refractivity contribution in [3.63, 3.8) is 0 Å². The Balaban J connectivity index is 2.05.